The molecular formula is C19H17ClN2O3. The fraction of sp³-hybridized carbons (Fsp3) is 0.158. The minimum Gasteiger partial charge on any atom is -0.449 e. The number of ether oxygens (including phenoxy) is 1. The number of hydrogen-bond donors (Lipinski definition) is 1. The summed E-state index contributed by atoms with van der Waals surface area (Å²) in [5.41, 5.74) is 8.42. The predicted octanol–water partition coefficient (Wildman–Crippen LogP) is 4.42. The summed E-state index contributed by atoms with van der Waals surface area (Å²) in [5, 5.41) is 1.01. The third kappa shape index (κ3) is 2.98. The number of nitrogens with two attached hydrogens (primary N) is 1. The van der Waals surface area contributed by atoms with Crippen molar-refractivity contribution in [2.75, 3.05) is 12.3 Å². The van der Waals surface area contributed by atoms with Crippen molar-refractivity contribution in [3.8, 4) is 0 Å². The Morgan fingerprint density at radius 1 is 1.16 bits per heavy atom. The van der Waals surface area contributed by atoms with Crippen molar-refractivity contribution in [2.24, 2.45) is 0 Å². The first-order chi connectivity index (χ1) is 11.9. The average Bonchev–Trinajstić information content (AvgIpc) is 2.87. The molecule has 3 rings (SSSR count). The highest BCUT2D eigenvalue weighted by atomic mass is 35.5. The van der Waals surface area contributed by atoms with Crippen LogP contribution in [0.3, 0.4) is 0 Å². The van der Waals surface area contributed by atoms with Crippen molar-refractivity contribution < 1.29 is 14.3 Å². The Balaban J connectivity index is 2.27. The number of rotatable bonds is 3. The van der Waals surface area contributed by atoms with E-state index in [4.69, 9.17) is 22.1 Å². The van der Waals surface area contributed by atoms with E-state index in [-0.39, 0.29) is 23.8 Å². The van der Waals surface area contributed by atoms with Gasteiger partial charge >= 0.3 is 6.09 Å². The Hall–Kier alpha value is -2.79. The highest BCUT2D eigenvalue weighted by Crippen LogP contribution is 2.32. The lowest BCUT2D eigenvalue weighted by Crippen LogP contribution is -2.20. The maximum absolute atomic E-state index is 13.0. The highest BCUT2D eigenvalue weighted by molar-refractivity contribution is 6.31. The van der Waals surface area contributed by atoms with Gasteiger partial charge in [0.05, 0.1) is 17.8 Å². The van der Waals surface area contributed by atoms with Crippen LogP contribution in [0, 0.1) is 6.92 Å². The summed E-state index contributed by atoms with van der Waals surface area (Å²) in [4.78, 5) is 25.5. The second-order valence-corrected chi connectivity index (χ2v) is 6.09. The molecule has 5 nitrogen and oxygen atoms in total. The lowest BCUT2D eigenvalue weighted by Gasteiger charge is -2.09. The zero-order valence-corrected chi connectivity index (χ0v) is 14.6. The third-order valence-corrected chi connectivity index (χ3v) is 4.18. The molecule has 0 aliphatic carbocycles. The van der Waals surface area contributed by atoms with Crippen LogP contribution >= 0.6 is 11.6 Å². The van der Waals surface area contributed by atoms with Crippen molar-refractivity contribution in [2.45, 2.75) is 13.8 Å². The van der Waals surface area contributed by atoms with Crippen LogP contribution in [-0.2, 0) is 4.74 Å². The number of carbonyl (C=O) groups excluding carboxylic acids is 2. The number of nitrogen functional groups attached to an aromatic ring is 1. The SMILES string of the molecule is CCOC(=O)n1c(C(=O)c2ccc(C)cc2)c(N)c2ccc(Cl)cc21. The summed E-state index contributed by atoms with van der Waals surface area (Å²) < 4.78 is 6.30. The van der Waals surface area contributed by atoms with Crippen molar-refractivity contribution in [1.82, 2.24) is 4.57 Å². The van der Waals surface area contributed by atoms with Crippen molar-refractivity contribution in [3.05, 3.63) is 64.3 Å². The van der Waals surface area contributed by atoms with Gasteiger partial charge in [-0.3, -0.25) is 4.79 Å². The maximum Gasteiger partial charge on any atom is 0.419 e. The number of carbonyl (C=O) groups is 2. The molecule has 0 atom stereocenters. The summed E-state index contributed by atoms with van der Waals surface area (Å²) in [6.45, 7) is 3.80. The van der Waals surface area contributed by atoms with Gasteiger partial charge in [-0.05, 0) is 32.0 Å². The lowest BCUT2D eigenvalue weighted by molar-refractivity contribution is 0.102. The van der Waals surface area contributed by atoms with Crippen LogP contribution in [0.15, 0.2) is 42.5 Å². The molecule has 0 fully saturated rings. The van der Waals surface area contributed by atoms with E-state index in [9.17, 15) is 9.59 Å². The molecule has 2 aromatic carbocycles. The van der Waals surface area contributed by atoms with Crippen molar-refractivity contribution in [3.63, 3.8) is 0 Å². The summed E-state index contributed by atoms with van der Waals surface area (Å²) in [6.07, 6.45) is -0.665. The van der Waals surface area contributed by atoms with Gasteiger partial charge in [0.15, 0.2) is 0 Å². The van der Waals surface area contributed by atoms with Crippen LogP contribution in [0.1, 0.15) is 28.5 Å². The fourth-order valence-corrected chi connectivity index (χ4v) is 2.90. The van der Waals surface area contributed by atoms with E-state index in [1.54, 1.807) is 37.3 Å². The standard InChI is InChI=1S/C19H17ClN2O3/c1-3-25-19(24)22-15-10-13(20)8-9-14(15)16(21)17(22)18(23)12-6-4-11(2)5-7-12/h4-10H,3,21H2,1-2H3. The number of aryl methyl sites for hydroxylation is 1. The number of benzene rings is 2. The number of ketones is 1. The molecule has 0 aliphatic heterocycles. The topological polar surface area (TPSA) is 74.3 Å². The average molecular weight is 357 g/mol. The van der Waals surface area contributed by atoms with Gasteiger partial charge in [-0.25, -0.2) is 9.36 Å². The molecule has 0 bridgehead atoms. The second kappa shape index (κ2) is 6.61. The summed E-state index contributed by atoms with van der Waals surface area (Å²) >= 11 is 6.06. The first-order valence-electron chi connectivity index (χ1n) is 7.82. The quantitative estimate of drug-likeness (QED) is 0.705. The second-order valence-electron chi connectivity index (χ2n) is 5.65. The number of hydrogen-bond acceptors (Lipinski definition) is 4. The van der Waals surface area contributed by atoms with Gasteiger partial charge in [0.25, 0.3) is 0 Å². The molecule has 25 heavy (non-hydrogen) atoms. The molecule has 0 aliphatic rings. The van der Waals surface area contributed by atoms with Crippen molar-refractivity contribution >= 4 is 40.1 Å². The molecule has 6 heteroatoms. The Morgan fingerprint density at radius 2 is 1.84 bits per heavy atom. The fourth-order valence-electron chi connectivity index (χ4n) is 2.73. The van der Waals surface area contributed by atoms with E-state index < -0.39 is 6.09 Å². The normalized spacial score (nSPS) is 10.8. The summed E-state index contributed by atoms with van der Waals surface area (Å²) in [7, 11) is 0. The first-order valence-corrected chi connectivity index (χ1v) is 8.19. The van der Waals surface area contributed by atoms with Gasteiger partial charge < -0.3 is 10.5 Å². The Bertz CT molecular complexity index is 974. The highest BCUT2D eigenvalue weighted by Gasteiger charge is 2.26. The molecule has 0 radical (unpaired) electrons. The molecule has 2 N–H and O–H groups in total. The van der Waals surface area contributed by atoms with Gasteiger partial charge in [0, 0.05) is 16.0 Å². The zero-order valence-electron chi connectivity index (χ0n) is 13.9. The molecule has 0 saturated carbocycles. The monoisotopic (exact) mass is 356 g/mol. The Morgan fingerprint density at radius 3 is 2.48 bits per heavy atom. The predicted molar refractivity (Wildman–Crippen MR) is 98.4 cm³/mol. The molecular weight excluding hydrogens is 340 g/mol. The van der Waals surface area contributed by atoms with E-state index in [0.29, 0.717) is 21.5 Å². The van der Waals surface area contributed by atoms with Gasteiger partial charge in [-0.15, -0.1) is 0 Å². The van der Waals surface area contributed by atoms with E-state index in [1.807, 2.05) is 19.1 Å². The molecule has 0 saturated heterocycles. The number of anilines is 1. The largest absolute Gasteiger partial charge is 0.449 e. The number of fused-ring (bicyclic) bond motifs is 1. The van der Waals surface area contributed by atoms with Crippen LogP contribution in [0.4, 0.5) is 10.5 Å². The Kier molecular flexibility index (Phi) is 4.51. The molecule has 128 valence electrons. The van der Waals surface area contributed by atoms with Crippen LogP contribution in [0.2, 0.25) is 5.02 Å². The summed E-state index contributed by atoms with van der Waals surface area (Å²) in [5.74, 6) is -0.349. The molecule has 0 unspecified atom stereocenters. The van der Waals surface area contributed by atoms with Gasteiger partial charge in [0.1, 0.15) is 5.69 Å². The number of nitrogens with zero attached hydrogens (tertiary/aromatic N) is 1. The molecule has 0 spiro atoms. The minimum absolute atomic E-state index is 0.0829. The van der Waals surface area contributed by atoms with Crippen LogP contribution in [0.5, 0.6) is 0 Å². The maximum atomic E-state index is 13.0. The van der Waals surface area contributed by atoms with Gasteiger partial charge in [-0.2, -0.15) is 0 Å². The smallest absolute Gasteiger partial charge is 0.419 e. The lowest BCUT2D eigenvalue weighted by atomic mass is 10.1. The molecule has 1 heterocycles. The van der Waals surface area contributed by atoms with E-state index in [0.717, 1.165) is 5.56 Å². The van der Waals surface area contributed by atoms with Gasteiger partial charge in [0.2, 0.25) is 5.78 Å². The number of aromatic nitrogens is 1. The molecule has 3 aromatic rings. The molecule has 1 aromatic heterocycles. The molecule has 0 amide bonds. The first kappa shape index (κ1) is 17.0. The number of halogens is 1. The third-order valence-electron chi connectivity index (χ3n) is 3.95. The van der Waals surface area contributed by atoms with Crippen LogP contribution < -0.4 is 5.73 Å². The summed E-state index contributed by atoms with van der Waals surface area (Å²) in [6, 6.07) is 12.0. The van der Waals surface area contributed by atoms with E-state index >= 15 is 0 Å². The van der Waals surface area contributed by atoms with Gasteiger partial charge in [-0.1, -0.05) is 41.4 Å². The van der Waals surface area contributed by atoms with Crippen molar-refractivity contribution in [1.29, 1.82) is 0 Å². The Labute approximate surface area is 149 Å². The zero-order chi connectivity index (χ0) is 18.1. The van der Waals surface area contributed by atoms with E-state index in [1.165, 1.54) is 4.57 Å². The van der Waals surface area contributed by atoms with Crippen LogP contribution in [0.25, 0.3) is 10.9 Å². The van der Waals surface area contributed by atoms with E-state index in [2.05, 4.69) is 0 Å². The minimum atomic E-state index is -0.665. The van der Waals surface area contributed by atoms with Crippen LogP contribution in [-0.4, -0.2) is 23.1 Å².